The zero-order valence-electron chi connectivity index (χ0n) is 11.2. The summed E-state index contributed by atoms with van der Waals surface area (Å²) in [5.74, 6) is -0.129. The summed E-state index contributed by atoms with van der Waals surface area (Å²) in [4.78, 5) is 12.0. The lowest BCUT2D eigenvalue weighted by molar-refractivity contribution is -0.115. The molecule has 100 valence electrons. The molecule has 0 fully saturated rings. The molecular weight excluding hydrogens is 250 g/mol. The first-order chi connectivity index (χ1) is 9.60. The molecule has 3 N–H and O–H groups in total. The minimum atomic E-state index is -0.129. The van der Waals surface area contributed by atoms with Crippen LogP contribution < -0.4 is 11.1 Å². The highest BCUT2D eigenvalue weighted by Crippen LogP contribution is 2.20. The van der Waals surface area contributed by atoms with Crippen molar-refractivity contribution >= 4 is 17.3 Å². The van der Waals surface area contributed by atoms with Crippen LogP contribution in [0.2, 0.25) is 0 Å². The number of amides is 1. The van der Waals surface area contributed by atoms with Crippen LogP contribution in [0.4, 0.5) is 11.4 Å². The topological polar surface area (TPSA) is 78.9 Å². The maximum atomic E-state index is 12.0. The monoisotopic (exact) mass is 265 g/mol. The van der Waals surface area contributed by atoms with Crippen molar-refractivity contribution in [2.45, 2.75) is 13.3 Å². The minimum absolute atomic E-state index is 0.129. The van der Waals surface area contributed by atoms with E-state index in [1.54, 1.807) is 18.2 Å². The van der Waals surface area contributed by atoms with Gasteiger partial charge in [0.15, 0.2) is 0 Å². The number of hydrogen-bond donors (Lipinski definition) is 2. The summed E-state index contributed by atoms with van der Waals surface area (Å²) in [6.45, 7) is 1.97. The summed E-state index contributed by atoms with van der Waals surface area (Å²) < 4.78 is 0. The first-order valence-corrected chi connectivity index (χ1v) is 6.24. The summed E-state index contributed by atoms with van der Waals surface area (Å²) in [5, 5.41) is 11.5. The molecule has 20 heavy (non-hydrogen) atoms. The van der Waals surface area contributed by atoms with E-state index < -0.39 is 0 Å². The summed E-state index contributed by atoms with van der Waals surface area (Å²) in [6, 6.07) is 14.6. The molecule has 4 heteroatoms. The Kier molecular flexibility index (Phi) is 4.02. The highest BCUT2D eigenvalue weighted by molar-refractivity contribution is 5.95. The zero-order valence-corrected chi connectivity index (χ0v) is 11.2. The van der Waals surface area contributed by atoms with Crippen molar-refractivity contribution in [1.82, 2.24) is 0 Å². The Morgan fingerprint density at radius 1 is 1.30 bits per heavy atom. The van der Waals surface area contributed by atoms with Crippen LogP contribution in [0, 0.1) is 18.3 Å². The van der Waals surface area contributed by atoms with Gasteiger partial charge in [-0.15, -0.1) is 0 Å². The van der Waals surface area contributed by atoms with E-state index in [2.05, 4.69) is 5.32 Å². The molecule has 0 aliphatic carbocycles. The Labute approximate surface area is 117 Å². The standard InChI is InChI=1S/C16H15N3O/c1-11-4-2-3-5-13(11)9-16(20)19-15-7-6-12(10-17)8-14(15)18/h2-8H,9,18H2,1H3,(H,19,20). The number of hydrogen-bond acceptors (Lipinski definition) is 3. The fraction of sp³-hybridized carbons (Fsp3) is 0.125. The molecule has 1 amide bonds. The average molecular weight is 265 g/mol. The van der Waals surface area contributed by atoms with Crippen LogP contribution in [0.1, 0.15) is 16.7 Å². The summed E-state index contributed by atoms with van der Waals surface area (Å²) in [5.41, 5.74) is 9.26. The maximum Gasteiger partial charge on any atom is 0.228 e. The Morgan fingerprint density at radius 2 is 2.05 bits per heavy atom. The van der Waals surface area contributed by atoms with Crippen LogP contribution in [0.5, 0.6) is 0 Å². The van der Waals surface area contributed by atoms with E-state index in [0.717, 1.165) is 11.1 Å². The number of benzene rings is 2. The smallest absolute Gasteiger partial charge is 0.228 e. The van der Waals surface area contributed by atoms with Crippen molar-refractivity contribution in [3.8, 4) is 6.07 Å². The zero-order chi connectivity index (χ0) is 14.5. The number of rotatable bonds is 3. The van der Waals surface area contributed by atoms with E-state index in [1.165, 1.54) is 0 Å². The third kappa shape index (κ3) is 3.15. The molecule has 0 heterocycles. The summed E-state index contributed by atoms with van der Waals surface area (Å²) in [7, 11) is 0. The van der Waals surface area contributed by atoms with Gasteiger partial charge >= 0.3 is 0 Å². The van der Waals surface area contributed by atoms with Crippen molar-refractivity contribution < 1.29 is 4.79 Å². The molecule has 0 aromatic heterocycles. The fourth-order valence-electron chi connectivity index (χ4n) is 1.92. The van der Waals surface area contributed by atoms with E-state index in [9.17, 15) is 4.79 Å². The van der Waals surface area contributed by atoms with E-state index in [1.807, 2.05) is 37.3 Å². The van der Waals surface area contributed by atoms with E-state index in [0.29, 0.717) is 23.4 Å². The molecule has 0 aliphatic heterocycles. The molecule has 0 spiro atoms. The molecule has 0 bridgehead atoms. The van der Waals surface area contributed by atoms with Gasteiger partial charge in [-0.3, -0.25) is 4.79 Å². The number of nitrogens with one attached hydrogen (secondary N) is 1. The van der Waals surface area contributed by atoms with Gasteiger partial charge in [0.05, 0.1) is 29.4 Å². The molecule has 0 unspecified atom stereocenters. The predicted octanol–water partition coefficient (Wildman–Crippen LogP) is 2.63. The van der Waals surface area contributed by atoms with Crippen LogP contribution in [0.15, 0.2) is 42.5 Å². The Hall–Kier alpha value is -2.80. The molecular formula is C16H15N3O. The lowest BCUT2D eigenvalue weighted by atomic mass is 10.1. The van der Waals surface area contributed by atoms with E-state index >= 15 is 0 Å². The highest BCUT2D eigenvalue weighted by Gasteiger charge is 2.08. The fourth-order valence-corrected chi connectivity index (χ4v) is 1.92. The number of nitrogens with two attached hydrogens (primary N) is 1. The Balaban J connectivity index is 2.09. The lowest BCUT2D eigenvalue weighted by Gasteiger charge is -2.09. The van der Waals surface area contributed by atoms with Gasteiger partial charge in [0.25, 0.3) is 0 Å². The van der Waals surface area contributed by atoms with Gasteiger partial charge < -0.3 is 11.1 Å². The molecule has 4 nitrogen and oxygen atoms in total. The third-order valence-electron chi connectivity index (χ3n) is 3.07. The largest absolute Gasteiger partial charge is 0.397 e. The highest BCUT2D eigenvalue weighted by atomic mass is 16.1. The maximum absolute atomic E-state index is 12.0. The molecule has 2 aromatic carbocycles. The van der Waals surface area contributed by atoms with Gasteiger partial charge in [-0.05, 0) is 36.2 Å². The molecule has 0 saturated carbocycles. The molecule has 0 aliphatic rings. The van der Waals surface area contributed by atoms with Gasteiger partial charge in [0.1, 0.15) is 0 Å². The van der Waals surface area contributed by atoms with Gasteiger partial charge in [-0.1, -0.05) is 24.3 Å². The normalized spacial score (nSPS) is 9.80. The van der Waals surface area contributed by atoms with Crippen LogP contribution in [0.3, 0.4) is 0 Å². The number of nitrogen functional groups attached to an aromatic ring is 1. The van der Waals surface area contributed by atoms with Crippen molar-refractivity contribution in [2.24, 2.45) is 0 Å². The summed E-state index contributed by atoms with van der Waals surface area (Å²) >= 11 is 0. The second kappa shape index (κ2) is 5.89. The number of carbonyl (C=O) groups excluding carboxylic acids is 1. The van der Waals surface area contributed by atoms with Gasteiger partial charge in [-0.25, -0.2) is 0 Å². The van der Waals surface area contributed by atoms with E-state index in [4.69, 9.17) is 11.0 Å². The van der Waals surface area contributed by atoms with Crippen LogP contribution in [-0.4, -0.2) is 5.91 Å². The average Bonchev–Trinajstić information content (AvgIpc) is 2.43. The Morgan fingerprint density at radius 3 is 2.70 bits per heavy atom. The number of nitriles is 1. The second-order valence-electron chi connectivity index (χ2n) is 4.57. The van der Waals surface area contributed by atoms with Crippen molar-refractivity contribution in [3.63, 3.8) is 0 Å². The molecule has 0 saturated heterocycles. The van der Waals surface area contributed by atoms with Gasteiger partial charge in [0, 0.05) is 0 Å². The van der Waals surface area contributed by atoms with Crippen molar-refractivity contribution in [3.05, 3.63) is 59.2 Å². The van der Waals surface area contributed by atoms with Crippen LogP contribution in [0.25, 0.3) is 0 Å². The minimum Gasteiger partial charge on any atom is -0.397 e. The summed E-state index contributed by atoms with van der Waals surface area (Å²) in [6.07, 6.45) is 0.298. The van der Waals surface area contributed by atoms with Crippen LogP contribution >= 0.6 is 0 Å². The third-order valence-corrected chi connectivity index (χ3v) is 3.07. The molecule has 0 radical (unpaired) electrons. The van der Waals surface area contributed by atoms with Gasteiger partial charge in [-0.2, -0.15) is 5.26 Å². The quantitative estimate of drug-likeness (QED) is 0.837. The Bertz CT molecular complexity index is 686. The van der Waals surface area contributed by atoms with Crippen LogP contribution in [-0.2, 0) is 11.2 Å². The first-order valence-electron chi connectivity index (χ1n) is 6.24. The SMILES string of the molecule is Cc1ccccc1CC(=O)Nc1ccc(C#N)cc1N. The first kappa shape index (κ1) is 13.6. The molecule has 2 rings (SSSR count). The second-order valence-corrected chi connectivity index (χ2v) is 4.57. The number of aryl methyl sites for hydroxylation is 1. The predicted molar refractivity (Wildman–Crippen MR) is 79.1 cm³/mol. The number of anilines is 2. The molecule has 2 aromatic rings. The number of nitrogens with zero attached hydrogens (tertiary/aromatic N) is 1. The van der Waals surface area contributed by atoms with Crippen molar-refractivity contribution in [2.75, 3.05) is 11.1 Å². The van der Waals surface area contributed by atoms with Crippen molar-refractivity contribution in [1.29, 1.82) is 5.26 Å². The molecule has 0 atom stereocenters. The van der Waals surface area contributed by atoms with E-state index in [-0.39, 0.29) is 5.91 Å². The lowest BCUT2D eigenvalue weighted by Crippen LogP contribution is -2.16. The van der Waals surface area contributed by atoms with Gasteiger partial charge in [0.2, 0.25) is 5.91 Å². The number of carbonyl (C=O) groups is 1.